The molecule has 0 saturated carbocycles. The average Bonchev–Trinajstić information content (AvgIpc) is 2.95. The molecule has 0 spiro atoms. The molecular formula is C35H37NO7. The Morgan fingerprint density at radius 1 is 0.558 bits per heavy atom. The third-order valence-electron chi connectivity index (χ3n) is 6.01. The standard InChI is InChI=1S/C35H37NO7/c1-24(2)41-33(37)21-13-27-7-15-30(16-8-27)36(31-17-9-28(10-18-31)14-22-34(38)42-25(3)4)32-19-11-29(12-20-32)23-40-35(39)43-26(5)6/h7-12,15-20H,1,3,5,13-14,21-23H2,2,4,6H3. The van der Waals surface area contributed by atoms with Crippen molar-refractivity contribution < 1.29 is 33.3 Å². The molecule has 0 atom stereocenters. The zero-order valence-electron chi connectivity index (χ0n) is 24.9. The highest BCUT2D eigenvalue weighted by Crippen LogP contribution is 2.35. The zero-order valence-corrected chi connectivity index (χ0v) is 24.9. The molecule has 0 bridgehead atoms. The predicted molar refractivity (Wildman–Crippen MR) is 166 cm³/mol. The van der Waals surface area contributed by atoms with E-state index in [-0.39, 0.29) is 37.1 Å². The summed E-state index contributed by atoms with van der Waals surface area (Å²) in [4.78, 5) is 37.7. The molecule has 0 aliphatic rings. The molecule has 0 fully saturated rings. The van der Waals surface area contributed by atoms with Gasteiger partial charge in [-0.2, -0.15) is 0 Å². The molecule has 3 aromatic rings. The summed E-state index contributed by atoms with van der Waals surface area (Å²) in [5.41, 5.74) is 5.46. The number of esters is 2. The Kier molecular flexibility index (Phi) is 11.9. The van der Waals surface area contributed by atoms with Gasteiger partial charge in [0.25, 0.3) is 0 Å². The van der Waals surface area contributed by atoms with Crippen molar-refractivity contribution in [2.24, 2.45) is 0 Å². The van der Waals surface area contributed by atoms with E-state index in [4.69, 9.17) is 18.9 Å². The molecule has 0 saturated heterocycles. The van der Waals surface area contributed by atoms with Crippen LogP contribution in [0, 0.1) is 0 Å². The number of carbonyl (C=O) groups is 3. The number of anilines is 3. The van der Waals surface area contributed by atoms with Gasteiger partial charge < -0.3 is 23.8 Å². The van der Waals surface area contributed by atoms with Gasteiger partial charge >= 0.3 is 18.1 Å². The van der Waals surface area contributed by atoms with Crippen LogP contribution in [0.5, 0.6) is 0 Å². The van der Waals surface area contributed by atoms with Gasteiger partial charge in [-0.3, -0.25) is 9.59 Å². The lowest BCUT2D eigenvalue weighted by Crippen LogP contribution is -2.11. The first-order valence-electron chi connectivity index (χ1n) is 13.8. The monoisotopic (exact) mass is 583 g/mol. The Hall–Kier alpha value is -5.11. The van der Waals surface area contributed by atoms with E-state index < -0.39 is 6.16 Å². The van der Waals surface area contributed by atoms with Gasteiger partial charge in [-0.15, -0.1) is 0 Å². The van der Waals surface area contributed by atoms with E-state index in [0.717, 1.165) is 33.8 Å². The minimum Gasteiger partial charge on any atom is -0.432 e. The van der Waals surface area contributed by atoms with Gasteiger partial charge in [-0.25, -0.2) is 4.79 Å². The molecule has 0 unspecified atom stereocenters. The summed E-state index contributed by atoms with van der Waals surface area (Å²) in [6, 6.07) is 23.5. The molecule has 0 heterocycles. The number of carbonyl (C=O) groups excluding carboxylic acids is 3. The summed E-state index contributed by atoms with van der Waals surface area (Å²) in [5.74, 6) is 0.370. The lowest BCUT2D eigenvalue weighted by atomic mass is 10.1. The minimum atomic E-state index is -0.806. The summed E-state index contributed by atoms with van der Waals surface area (Å²) in [7, 11) is 0. The number of aryl methyl sites for hydroxylation is 2. The first-order valence-corrected chi connectivity index (χ1v) is 13.8. The van der Waals surface area contributed by atoms with E-state index in [1.165, 1.54) is 0 Å². The Labute approximate surface area is 252 Å². The fourth-order valence-electron chi connectivity index (χ4n) is 4.11. The van der Waals surface area contributed by atoms with Crippen molar-refractivity contribution in [3.8, 4) is 0 Å². The van der Waals surface area contributed by atoms with Crippen molar-refractivity contribution in [2.45, 2.75) is 53.1 Å². The fraction of sp³-hybridized carbons (Fsp3) is 0.229. The van der Waals surface area contributed by atoms with E-state index in [1.54, 1.807) is 20.8 Å². The molecule has 3 rings (SSSR count). The van der Waals surface area contributed by atoms with Crippen molar-refractivity contribution in [1.82, 2.24) is 0 Å². The first kappa shape index (κ1) is 32.4. The molecule has 3 aromatic carbocycles. The number of nitrogens with zero attached hydrogens (tertiary/aromatic N) is 1. The van der Waals surface area contributed by atoms with E-state index in [2.05, 4.69) is 24.6 Å². The SMILES string of the molecule is C=C(C)OC(=O)CCc1ccc(N(c2ccc(CCC(=O)OC(=C)C)cc2)c2ccc(COC(=O)OC(=C)C)cc2)cc1. The van der Waals surface area contributed by atoms with Crippen LogP contribution >= 0.6 is 0 Å². The lowest BCUT2D eigenvalue weighted by molar-refractivity contribution is -0.140. The molecule has 0 aliphatic heterocycles. The summed E-state index contributed by atoms with van der Waals surface area (Å²) >= 11 is 0. The van der Waals surface area contributed by atoms with Crippen LogP contribution in [0.2, 0.25) is 0 Å². The van der Waals surface area contributed by atoms with E-state index in [1.807, 2.05) is 72.8 Å². The molecule has 0 amide bonds. The third-order valence-corrected chi connectivity index (χ3v) is 6.01. The average molecular weight is 584 g/mol. The maximum Gasteiger partial charge on any atom is 0.513 e. The second-order valence-electron chi connectivity index (χ2n) is 10.0. The molecule has 0 aliphatic carbocycles. The van der Waals surface area contributed by atoms with Crippen LogP contribution in [0.4, 0.5) is 21.9 Å². The summed E-state index contributed by atoms with van der Waals surface area (Å²) in [6.07, 6.45) is 0.773. The van der Waals surface area contributed by atoms with Crippen molar-refractivity contribution >= 4 is 35.2 Å². The topological polar surface area (TPSA) is 91.4 Å². The number of ether oxygens (including phenoxy) is 4. The first-order chi connectivity index (χ1) is 20.5. The molecule has 0 aromatic heterocycles. The van der Waals surface area contributed by atoms with Crippen LogP contribution in [0.1, 0.15) is 50.3 Å². The van der Waals surface area contributed by atoms with Gasteiger partial charge in [0.05, 0.1) is 11.5 Å². The third kappa shape index (κ3) is 11.0. The largest absolute Gasteiger partial charge is 0.513 e. The molecule has 0 radical (unpaired) electrons. The number of benzene rings is 3. The van der Waals surface area contributed by atoms with E-state index in [0.29, 0.717) is 24.4 Å². The molecule has 43 heavy (non-hydrogen) atoms. The van der Waals surface area contributed by atoms with Crippen LogP contribution in [-0.2, 0) is 48.0 Å². The van der Waals surface area contributed by atoms with Crippen LogP contribution < -0.4 is 4.90 Å². The van der Waals surface area contributed by atoms with Crippen molar-refractivity contribution in [2.75, 3.05) is 4.90 Å². The zero-order chi connectivity index (χ0) is 31.4. The Morgan fingerprint density at radius 3 is 1.26 bits per heavy atom. The lowest BCUT2D eigenvalue weighted by Gasteiger charge is -2.26. The predicted octanol–water partition coefficient (Wildman–Crippen LogP) is 8.36. The van der Waals surface area contributed by atoms with E-state index >= 15 is 0 Å². The van der Waals surface area contributed by atoms with Gasteiger partial charge in [-0.1, -0.05) is 56.1 Å². The molecular weight excluding hydrogens is 546 g/mol. The molecule has 0 N–H and O–H groups in total. The summed E-state index contributed by atoms with van der Waals surface area (Å²) in [5, 5.41) is 0. The van der Waals surface area contributed by atoms with Gasteiger partial charge in [0.15, 0.2) is 0 Å². The minimum absolute atomic E-state index is 0.0530. The van der Waals surface area contributed by atoms with Gasteiger partial charge in [0.1, 0.15) is 12.4 Å². The number of hydrogen-bond acceptors (Lipinski definition) is 8. The Bertz CT molecular complexity index is 1280. The van der Waals surface area contributed by atoms with Crippen LogP contribution in [0.25, 0.3) is 0 Å². The van der Waals surface area contributed by atoms with Crippen LogP contribution in [-0.4, -0.2) is 18.1 Å². The number of allylic oxidation sites excluding steroid dienone is 3. The summed E-state index contributed by atoms with van der Waals surface area (Å²) < 4.78 is 20.1. The van der Waals surface area contributed by atoms with Crippen LogP contribution in [0.15, 0.2) is 110 Å². The fourth-order valence-corrected chi connectivity index (χ4v) is 4.11. The van der Waals surface area contributed by atoms with Gasteiger partial charge in [0, 0.05) is 29.9 Å². The molecule has 8 nitrogen and oxygen atoms in total. The smallest absolute Gasteiger partial charge is 0.432 e. The van der Waals surface area contributed by atoms with E-state index in [9.17, 15) is 14.4 Å². The highest BCUT2D eigenvalue weighted by atomic mass is 16.7. The maximum atomic E-state index is 11.9. The quantitative estimate of drug-likeness (QED) is 0.106. The highest BCUT2D eigenvalue weighted by molar-refractivity contribution is 5.77. The maximum absolute atomic E-state index is 11.9. The second kappa shape index (κ2) is 15.8. The van der Waals surface area contributed by atoms with Crippen molar-refractivity contribution in [3.05, 3.63) is 127 Å². The normalized spacial score (nSPS) is 10.3. The van der Waals surface area contributed by atoms with Gasteiger partial charge in [0.2, 0.25) is 0 Å². The number of rotatable bonds is 14. The molecule has 224 valence electrons. The molecule has 8 heteroatoms. The van der Waals surface area contributed by atoms with Gasteiger partial charge in [-0.05, 0) is 86.7 Å². The van der Waals surface area contributed by atoms with Crippen LogP contribution in [0.3, 0.4) is 0 Å². The summed E-state index contributed by atoms with van der Waals surface area (Å²) in [6.45, 7) is 15.6. The highest BCUT2D eigenvalue weighted by Gasteiger charge is 2.14. The Morgan fingerprint density at radius 2 is 0.907 bits per heavy atom. The second-order valence-corrected chi connectivity index (χ2v) is 10.0. The van der Waals surface area contributed by atoms with Crippen molar-refractivity contribution in [3.63, 3.8) is 0 Å². The Balaban J connectivity index is 1.81. The number of hydrogen-bond donors (Lipinski definition) is 0. The van der Waals surface area contributed by atoms with Crippen molar-refractivity contribution in [1.29, 1.82) is 0 Å².